The minimum Gasteiger partial charge on any atom is -0.493 e. The third-order valence-electron chi connectivity index (χ3n) is 6.75. The van der Waals surface area contributed by atoms with Gasteiger partial charge >= 0.3 is 12.4 Å². The van der Waals surface area contributed by atoms with E-state index in [1.807, 2.05) is 18.2 Å². The number of benzene rings is 1. The normalized spacial score (nSPS) is 16.4. The van der Waals surface area contributed by atoms with Gasteiger partial charge in [-0.1, -0.05) is 12.1 Å². The molecule has 0 unspecified atom stereocenters. The Bertz CT molecular complexity index is 1250. The standard InChI is InChI=1S/C26H33BN2O4/c1-16-12-18(3)28-24(16)22(25-17(2)13-19(4)29(25)27(28,6)7)15-33-26-21(14-32-20(5)30)10-9-11-23(26)31-8/h9-13H,14-15H2,1-8H3. The van der Waals surface area contributed by atoms with Crippen LogP contribution in [0.4, 0.5) is 0 Å². The molecule has 4 rings (SSSR count). The zero-order chi connectivity index (χ0) is 24.1. The van der Waals surface area contributed by atoms with E-state index in [9.17, 15) is 4.79 Å². The highest BCUT2D eigenvalue weighted by Gasteiger charge is 2.45. The number of rotatable bonds is 6. The number of aromatic nitrogens is 1. The van der Waals surface area contributed by atoms with E-state index in [0.29, 0.717) is 18.1 Å². The molecule has 0 N–H and O–H groups in total. The van der Waals surface area contributed by atoms with Gasteiger partial charge in [-0.25, -0.2) is 0 Å². The summed E-state index contributed by atoms with van der Waals surface area (Å²) in [5, 5.41) is 0. The largest absolute Gasteiger partial charge is 0.493 e. The van der Waals surface area contributed by atoms with Crippen molar-refractivity contribution < 1.29 is 23.5 Å². The number of aryl methyl sites for hydroxylation is 2. The summed E-state index contributed by atoms with van der Waals surface area (Å²) in [7, 11) is 1.62. The second-order valence-corrected chi connectivity index (χ2v) is 9.60. The minimum atomic E-state index is -1.04. The van der Waals surface area contributed by atoms with Crippen molar-refractivity contribution in [1.29, 1.82) is 0 Å². The van der Waals surface area contributed by atoms with Crippen molar-refractivity contribution in [1.82, 2.24) is 4.48 Å². The Hall–Kier alpha value is -3.22. The maximum Gasteiger partial charge on any atom is 0.372 e. The van der Waals surface area contributed by atoms with Crippen LogP contribution in [0.3, 0.4) is 0 Å². The first-order chi connectivity index (χ1) is 15.6. The highest BCUT2D eigenvalue weighted by Crippen LogP contribution is 2.41. The number of allylic oxidation sites excluding steroid dienone is 2. The van der Waals surface area contributed by atoms with Gasteiger partial charge in [0.2, 0.25) is 0 Å². The van der Waals surface area contributed by atoms with Crippen LogP contribution in [0.1, 0.15) is 43.3 Å². The van der Waals surface area contributed by atoms with Crippen LogP contribution in [0.2, 0.25) is 13.6 Å². The number of methoxy groups -OCH3 is 1. The topological polar surface area (TPSA) is 52.7 Å². The summed E-state index contributed by atoms with van der Waals surface area (Å²) in [4.78, 5) is 11.4. The number of fused-ring (bicyclic) bond motifs is 2. The molecule has 0 saturated carbocycles. The highest BCUT2D eigenvalue weighted by molar-refractivity contribution is 6.69. The average Bonchev–Trinajstić information content (AvgIpc) is 3.22. The third kappa shape index (κ3) is 3.69. The van der Waals surface area contributed by atoms with Gasteiger partial charge in [-0.3, -0.25) is 4.79 Å². The summed E-state index contributed by atoms with van der Waals surface area (Å²) in [5.74, 6) is 0.888. The lowest BCUT2D eigenvalue weighted by Gasteiger charge is -2.40. The molecular weight excluding hydrogens is 415 g/mol. The molecule has 0 saturated heterocycles. The fourth-order valence-electron chi connectivity index (χ4n) is 5.72. The van der Waals surface area contributed by atoms with E-state index < -0.39 is 6.42 Å². The van der Waals surface area contributed by atoms with E-state index in [1.54, 1.807) is 7.11 Å². The molecule has 2 aromatic rings. The van der Waals surface area contributed by atoms with Crippen molar-refractivity contribution in [3.05, 3.63) is 64.1 Å². The average molecular weight is 448 g/mol. The van der Waals surface area contributed by atoms with Crippen LogP contribution in [-0.4, -0.2) is 40.8 Å². The van der Waals surface area contributed by atoms with Gasteiger partial charge in [-0.15, -0.1) is 13.6 Å². The van der Waals surface area contributed by atoms with Crippen LogP contribution in [0.25, 0.3) is 5.57 Å². The van der Waals surface area contributed by atoms with Crippen LogP contribution >= 0.6 is 0 Å². The first-order valence-corrected chi connectivity index (χ1v) is 11.5. The Balaban J connectivity index is 1.83. The van der Waals surface area contributed by atoms with E-state index in [2.05, 4.69) is 62.4 Å². The summed E-state index contributed by atoms with van der Waals surface area (Å²) < 4.78 is 22.2. The smallest absolute Gasteiger partial charge is 0.372 e. The second kappa shape index (κ2) is 8.29. The Morgan fingerprint density at radius 3 is 2.52 bits per heavy atom. The Morgan fingerprint density at radius 2 is 1.85 bits per heavy atom. The third-order valence-corrected chi connectivity index (χ3v) is 6.75. The molecular formula is C26H33BN2O4. The molecule has 174 valence electrons. The number of para-hydroxylation sites is 1. The van der Waals surface area contributed by atoms with Gasteiger partial charge in [0.25, 0.3) is 0 Å². The number of carbonyl (C=O) groups excluding carboxylic acids is 1. The molecule has 0 aliphatic carbocycles. The zero-order valence-corrected chi connectivity index (χ0v) is 20.9. The van der Waals surface area contributed by atoms with E-state index in [4.69, 9.17) is 14.2 Å². The van der Waals surface area contributed by atoms with Crippen molar-refractivity contribution in [3.63, 3.8) is 0 Å². The first kappa shape index (κ1) is 23.0. The molecule has 0 fully saturated rings. The predicted octanol–water partition coefficient (Wildman–Crippen LogP) is 4.96. The number of hydrogen-bond donors (Lipinski definition) is 0. The van der Waals surface area contributed by atoms with Gasteiger partial charge in [0.15, 0.2) is 17.2 Å². The zero-order valence-electron chi connectivity index (χ0n) is 20.9. The Labute approximate surface area is 196 Å². The van der Waals surface area contributed by atoms with E-state index >= 15 is 0 Å². The fraction of sp³-hybridized carbons (Fsp3) is 0.385. The molecule has 2 aliphatic heterocycles. The van der Waals surface area contributed by atoms with Crippen molar-refractivity contribution in [2.45, 2.75) is 54.9 Å². The molecule has 1 aromatic heterocycles. The molecule has 0 bridgehead atoms. The summed E-state index contributed by atoms with van der Waals surface area (Å²) in [5.41, 5.74) is 9.35. The molecule has 0 radical (unpaired) electrons. The number of carbonyl (C=O) groups is 1. The number of ether oxygens (including phenoxy) is 3. The maximum absolute atomic E-state index is 11.4. The van der Waals surface area contributed by atoms with Gasteiger partial charge in [-0.2, -0.15) is 0 Å². The number of hydrogen-bond acceptors (Lipinski definition) is 4. The molecule has 1 aromatic carbocycles. The lowest BCUT2D eigenvalue weighted by molar-refractivity contribution is -0.336. The summed E-state index contributed by atoms with van der Waals surface area (Å²) >= 11 is 0. The van der Waals surface area contributed by atoms with Crippen LogP contribution in [0.15, 0.2) is 41.6 Å². The molecule has 2 aliphatic rings. The molecule has 6 nitrogen and oxygen atoms in total. The number of esters is 1. The fourth-order valence-corrected chi connectivity index (χ4v) is 5.72. The monoisotopic (exact) mass is 448 g/mol. The minimum absolute atomic E-state index is 0.135. The second-order valence-electron chi connectivity index (χ2n) is 9.60. The lowest BCUT2D eigenvalue weighted by atomic mass is 9.48. The van der Waals surface area contributed by atoms with Crippen LogP contribution in [0.5, 0.6) is 11.5 Å². The first-order valence-electron chi connectivity index (χ1n) is 11.5. The SMILES string of the molecule is COc1cccc(COC(C)=O)c1OCC1=C2C(C)=CC(C)=[N+]2[B-](C)(C)n2c(C)cc(C)c21. The molecule has 0 amide bonds. The maximum atomic E-state index is 11.4. The van der Waals surface area contributed by atoms with Crippen molar-refractivity contribution in [3.8, 4) is 11.5 Å². The Morgan fingerprint density at radius 1 is 1.12 bits per heavy atom. The van der Waals surface area contributed by atoms with Crippen molar-refractivity contribution >= 4 is 23.7 Å². The number of nitrogens with zero attached hydrogens (tertiary/aromatic N) is 2. The van der Waals surface area contributed by atoms with Crippen LogP contribution in [0, 0.1) is 13.8 Å². The summed E-state index contributed by atoms with van der Waals surface area (Å²) in [6.45, 7) is 15.2. The van der Waals surface area contributed by atoms with Crippen LogP contribution < -0.4 is 9.47 Å². The van der Waals surface area contributed by atoms with Gasteiger partial charge in [0, 0.05) is 36.8 Å². The molecule has 0 atom stereocenters. The predicted molar refractivity (Wildman–Crippen MR) is 132 cm³/mol. The van der Waals surface area contributed by atoms with Gasteiger partial charge < -0.3 is 23.2 Å². The van der Waals surface area contributed by atoms with Gasteiger partial charge in [0.05, 0.1) is 12.7 Å². The van der Waals surface area contributed by atoms with Gasteiger partial charge in [-0.05, 0) is 44.2 Å². The summed E-state index contributed by atoms with van der Waals surface area (Å²) in [6.07, 6.45) is 1.22. The van der Waals surface area contributed by atoms with E-state index in [-0.39, 0.29) is 12.6 Å². The summed E-state index contributed by atoms with van der Waals surface area (Å²) in [6, 6.07) is 7.89. The van der Waals surface area contributed by atoms with Crippen LogP contribution in [-0.2, 0) is 16.1 Å². The van der Waals surface area contributed by atoms with Crippen molar-refractivity contribution in [2.75, 3.05) is 13.7 Å². The van der Waals surface area contributed by atoms with Gasteiger partial charge in [0.1, 0.15) is 18.9 Å². The highest BCUT2D eigenvalue weighted by atomic mass is 16.5. The molecule has 7 heteroatoms. The van der Waals surface area contributed by atoms with E-state index in [1.165, 1.54) is 40.9 Å². The molecule has 3 heterocycles. The van der Waals surface area contributed by atoms with Crippen molar-refractivity contribution in [2.24, 2.45) is 0 Å². The molecule has 33 heavy (non-hydrogen) atoms. The Kier molecular flexibility index (Phi) is 5.77. The lowest BCUT2D eigenvalue weighted by Crippen LogP contribution is -2.53. The van der Waals surface area contributed by atoms with E-state index in [0.717, 1.165) is 11.1 Å². The molecule has 0 spiro atoms. The quantitative estimate of drug-likeness (QED) is 0.463.